The second-order valence-corrected chi connectivity index (χ2v) is 5.92. The number of para-hydroxylation sites is 1. The third-order valence-corrected chi connectivity index (χ3v) is 4.07. The van der Waals surface area contributed by atoms with E-state index in [2.05, 4.69) is 40.3 Å². The molecule has 0 aromatic heterocycles. The molecule has 0 bridgehead atoms. The molecule has 0 amide bonds. The molecule has 0 fully saturated rings. The van der Waals surface area contributed by atoms with Crippen molar-refractivity contribution >= 4 is 5.96 Å². The smallest absolute Gasteiger partial charge is 0.194 e. The van der Waals surface area contributed by atoms with Crippen LogP contribution in [0, 0.1) is 6.92 Å². The highest BCUT2D eigenvalue weighted by Crippen LogP contribution is 2.29. The molecule has 0 heterocycles. The van der Waals surface area contributed by atoms with Gasteiger partial charge in [0, 0.05) is 25.7 Å². The minimum absolute atomic E-state index is 0.145. The van der Waals surface area contributed by atoms with E-state index in [9.17, 15) is 5.11 Å². The summed E-state index contributed by atoms with van der Waals surface area (Å²) in [5.41, 5.74) is 3.26. The zero-order valence-corrected chi connectivity index (χ0v) is 15.4. The Balaban J connectivity index is 2.16. The standard InChI is InChI=1S/C20H27N3O2/c1-5-21-20(23(3)14-17-10-7-6-9-15(17)2)22-13-16-11-8-12-18(25-4)19(16)24/h6-12,24H,5,13-14H2,1-4H3,(H,21,22). The molecule has 0 atom stereocenters. The molecule has 2 N–H and O–H groups in total. The Hall–Kier alpha value is -2.69. The molecule has 0 unspecified atom stereocenters. The van der Waals surface area contributed by atoms with E-state index in [0.717, 1.165) is 24.6 Å². The number of rotatable bonds is 6. The molecular formula is C20H27N3O2. The van der Waals surface area contributed by atoms with Crippen molar-refractivity contribution in [2.75, 3.05) is 20.7 Å². The number of methoxy groups -OCH3 is 1. The highest BCUT2D eigenvalue weighted by molar-refractivity contribution is 5.79. The topological polar surface area (TPSA) is 57.1 Å². The third-order valence-electron chi connectivity index (χ3n) is 4.07. The fraction of sp³-hybridized carbons (Fsp3) is 0.350. The molecular weight excluding hydrogens is 314 g/mol. The van der Waals surface area contributed by atoms with Gasteiger partial charge in [-0.2, -0.15) is 0 Å². The normalized spacial score (nSPS) is 11.3. The van der Waals surface area contributed by atoms with Gasteiger partial charge in [-0.3, -0.25) is 0 Å². The second kappa shape index (κ2) is 8.97. The van der Waals surface area contributed by atoms with Crippen molar-refractivity contribution in [3.63, 3.8) is 0 Å². The second-order valence-electron chi connectivity index (χ2n) is 5.92. The first-order chi connectivity index (χ1) is 12.1. The predicted molar refractivity (Wildman–Crippen MR) is 102 cm³/mol. The Morgan fingerprint density at radius 2 is 1.88 bits per heavy atom. The van der Waals surface area contributed by atoms with Gasteiger partial charge in [0.05, 0.1) is 13.7 Å². The number of ether oxygens (including phenoxy) is 1. The number of aryl methyl sites for hydroxylation is 1. The Morgan fingerprint density at radius 1 is 1.16 bits per heavy atom. The molecule has 2 rings (SSSR count). The van der Waals surface area contributed by atoms with E-state index in [1.54, 1.807) is 13.2 Å². The van der Waals surface area contributed by atoms with E-state index in [1.165, 1.54) is 11.1 Å². The lowest BCUT2D eigenvalue weighted by Gasteiger charge is -2.23. The van der Waals surface area contributed by atoms with E-state index in [1.807, 2.05) is 32.2 Å². The SMILES string of the molecule is CCNC(=NCc1cccc(OC)c1O)N(C)Cc1ccccc1C. The minimum Gasteiger partial charge on any atom is -0.504 e. The largest absolute Gasteiger partial charge is 0.504 e. The van der Waals surface area contributed by atoms with Gasteiger partial charge in [0.15, 0.2) is 17.5 Å². The first-order valence-electron chi connectivity index (χ1n) is 8.45. The lowest BCUT2D eigenvalue weighted by molar-refractivity contribution is 0.370. The van der Waals surface area contributed by atoms with Gasteiger partial charge < -0.3 is 20.1 Å². The van der Waals surface area contributed by atoms with Gasteiger partial charge in [-0.05, 0) is 31.0 Å². The summed E-state index contributed by atoms with van der Waals surface area (Å²) in [5, 5.41) is 13.5. The van der Waals surface area contributed by atoms with Gasteiger partial charge in [0.25, 0.3) is 0 Å². The van der Waals surface area contributed by atoms with E-state index in [0.29, 0.717) is 12.3 Å². The molecule has 5 heteroatoms. The van der Waals surface area contributed by atoms with Gasteiger partial charge in [0.2, 0.25) is 0 Å². The van der Waals surface area contributed by atoms with Crippen LogP contribution in [0.3, 0.4) is 0 Å². The van der Waals surface area contributed by atoms with Gasteiger partial charge in [-0.25, -0.2) is 4.99 Å². The number of aliphatic imine (C=N–C) groups is 1. The van der Waals surface area contributed by atoms with Crippen LogP contribution in [0.4, 0.5) is 0 Å². The number of nitrogens with one attached hydrogen (secondary N) is 1. The molecule has 0 aliphatic carbocycles. The predicted octanol–water partition coefficient (Wildman–Crippen LogP) is 3.31. The molecule has 0 saturated heterocycles. The maximum atomic E-state index is 10.2. The van der Waals surface area contributed by atoms with Crippen LogP contribution in [0.5, 0.6) is 11.5 Å². The molecule has 0 spiro atoms. The fourth-order valence-corrected chi connectivity index (χ4v) is 2.61. The van der Waals surface area contributed by atoms with Crippen molar-refractivity contribution in [2.24, 2.45) is 4.99 Å². The molecule has 0 radical (unpaired) electrons. The van der Waals surface area contributed by atoms with E-state index < -0.39 is 0 Å². The van der Waals surface area contributed by atoms with Crippen LogP contribution in [0.1, 0.15) is 23.6 Å². The van der Waals surface area contributed by atoms with Crippen LogP contribution in [0.15, 0.2) is 47.5 Å². The maximum absolute atomic E-state index is 10.2. The third kappa shape index (κ3) is 4.89. The molecule has 0 aliphatic rings. The minimum atomic E-state index is 0.145. The fourth-order valence-electron chi connectivity index (χ4n) is 2.61. The van der Waals surface area contributed by atoms with Crippen LogP contribution in [-0.4, -0.2) is 36.7 Å². The van der Waals surface area contributed by atoms with Crippen molar-refractivity contribution in [2.45, 2.75) is 26.9 Å². The lowest BCUT2D eigenvalue weighted by Crippen LogP contribution is -2.38. The Morgan fingerprint density at radius 3 is 2.56 bits per heavy atom. The highest BCUT2D eigenvalue weighted by Gasteiger charge is 2.10. The van der Waals surface area contributed by atoms with E-state index >= 15 is 0 Å². The van der Waals surface area contributed by atoms with Gasteiger partial charge >= 0.3 is 0 Å². The average Bonchev–Trinajstić information content (AvgIpc) is 2.61. The first kappa shape index (κ1) is 18.6. The van der Waals surface area contributed by atoms with Crippen LogP contribution < -0.4 is 10.1 Å². The van der Waals surface area contributed by atoms with Crippen molar-refractivity contribution in [3.8, 4) is 11.5 Å². The maximum Gasteiger partial charge on any atom is 0.194 e. The molecule has 2 aromatic carbocycles. The van der Waals surface area contributed by atoms with Crippen LogP contribution >= 0.6 is 0 Å². The van der Waals surface area contributed by atoms with Crippen molar-refractivity contribution < 1.29 is 9.84 Å². The average molecular weight is 341 g/mol. The number of hydrogen-bond donors (Lipinski definition) is 2. The Kier molecular flexibility index (Phi) is 6.69. The van der Waals surface area contributed by atoms with E-state index in [-0.39, 0.29) is 5.75 Å². The number of nitrogens with zero attached hydrogens (tertiary/aromatic N) is 2. The summed E-state index contributed by atoms with van der Waals surface area (Å²) in [6.45, 7) is 6.08. The molecule has 0 aliphatic heterocycles. The Bertz CT molecular complexity index is 729. The number of guanidine groups is 1. The molecule has 2 aromatic rings. The number of phenolic OH excluding ortho intramolecular Hbond substituents is 1. The summed E-state index contributed by atoms with van der Waals surface area (Å²) in [6, 6.07) is 13.8. The van der Waals surface area contributed by atoms with Crippen LogP contribution in [-0.2, 0) is 13.1 Å². The quantitative estimate of drug-likeness (QED) is 0.625. The molecule has 0 saturated carbocycles. The summed E-state index contributed by atoms with van der Waals surface area (Å²) in [4.78, 5) is 6.75. The van der Waals surface area contributed by atoms with Crippen molar-refractivity contribution in [3.05, 3.63) is 59.2 Å². The van der Waals surface area contributed by atoms with Crippen molar-refractivity contribution in [1.82, 2.24) is 10.2 Å². The monoisotopic (exact) mass is 341 g/mol. The summed E-state index contributed by atoms with van der Waals surface area (Å²) < 4.78 is 5.16. The molecule has 25 heavy (non-hydrogen) atoms. The highest BCUT2D eigenvalue weighted by atomic mass is 16.5. The molecule has 134 valence electrons. The van der Waals surface area contributed by atoms with Crippen LogP contribution in [0.2, 0.25) is 0 Å². The summed E-state index contributed by atoms with van der Waals surface area (Å²) in [6.07, 6.45) is 0. The first-order valence-corrected chi connectivity index (χ1v) is 8.45. The summed E-state index contributed by atoms with van der Waals surface area (Å²) in [5.74, 6) is 1.41. The lowest BCUT2D eigenvalue weighted by atomic mass is 10.1. The number of aromatic hydroxyl groups is 1. The molecule has 5 nitrogen and oxygen atoms in total. The van der Waals surface area contributed by atoms with Crippen LogP contribution in [0.25, 0.3) is 0 Å². The van der Waals surface area contributed by atoms with E-state index in [4.69, 9.17) is 4.74 Å². The van der Waals surface area contributed by atoms with Gasteiger partial charge in [-0.1, -0.05) is 36.4 Å². The zero-order valence-electron chi connectivity index (χ0n) is 15.4. The number of phenols is 1. The number of benzene rings is 2. The van der Waals surface area contributed by atoms with Crippen molar-refractivity contribution in [1.29, 1.82) is 0 Å². The van der Waals surface area contributed by atoms with Gasteiger partial charge in [-0.15, -0.1) is 0 Å². The summed E-state index contributed by atoms with van der Waals surface area (Å²) in [7, 11) is 3.56. The zero-order chi connectivity index (χ0) is 18.2. The Labute approximate surface area is 150 Å². The number of hydrogen-bond acceptors (Lipinski definition) is 3. The summed E-state index contributed by atoms with van der Waals surface area (Å²) >= 11 is 0. The van der Waals surface area contributed by atoms with Gasteiger partial charge in [0.1, 0.15) is 0 Å².